The monoisotopic (exact) mass is 515 g/mol. The largest absolute Gasteiger partial charge is 0.550 e. The fourth-order valence-electron chi connectivity index (χ4n) is 5.39. The first kappa shape index (κ1) is 27.2. The summed E-state index contributed by atoms with van der Waals surface area (Å²) in [7, 11) is 0. The van der Waals surface area contributed by atoms with E-state index in [0.29, 0.717) is 36.5 Å². The van der Waals surface area contributed by atoms with Crippen molar-refractivity contribution in [3.05, 3.63) is 69.8 Å². The molecule has 5 nitrogen and oxygen atoms in total. The number of nitrogens with zero attached hydrogens (tertiary/aromatic N) is 2. The zero-order valence-electron chi connectivity index (χ0n) is 21.4. The van der Waals surface area contributed by atoms with E-state index in [-0.39, 0.29) is 12.5 Å². The molecular formula is C29H34F3N2O3-. The second kappa shape index (κ2) is 11.7. The predicted molar refractivity (Wildman–Crippen MR) is 134 cm³/mol. The Labute approximate surface area is 216 Å². The van der Waals surface area contributed by atoms with E-state index >= 15 is 0 Å². The summed E-state index contributed by atoms with van der Waals surface area (Å²) in [4.78, 5) is 18.5. The molecule has 1 aliphatic carbocycles. The number of benzene rings is 2. The minimum absolute atomic E-state index is 0.0342. The van der Waals surface area contributed by atoms with Crippen LogP contribution in [0, 0.1) is 5.92 Å². The van der Waals surface area contributed by atoms with Gasteiger partial charge in [-0.05, 0) is 72.1 Å². The summed E-state index contributed by atoms with van der Waals surface area (Å²) >= 11 is 0. The summed E-state index contributed by atoms with van der Waals surface area (Å²) in [6, 6.07) is 10.5. The number of likely N-dealkylation sites (tertiary alicyclic amines) is 1. The number of oxime groups is 1. The van der Waals surface area contributed by atoms with Crippen LogP contribution in [0.5, 0.6) is 0 Å². The highest BCUT2D eigenvalue weighted by atomic mass is 19.4. The van der Waals surface area contributed by atoms with Crippen molar-refractivity contribution in [1.82, 2.24) is 4.90 Å². The maximum absolute atomic E-state index is 13.8. The Hall–Kier alpha value is -2.87. The molecule has 0 spiro atoms. The van der Waals surface area contributed by atoms with Crippen LogP contribution in [0.2, 0.25) is 0 Å². The Bertz CT molecular complexity index is 1130. The van der Waals surface area contributed by atoms with Crippen LogP contribution in [0.4, 0.5) is 13.2 Å². The van der Waals surface area contributed by atoms with Crippen molar-refractivity contribution in [2.75, 3.05) is 13.1 Å². The van der Waals surface area contributed by atoms with Crippen molar-refractivity contribution in [2.24, 2.45) is 11.1 Å². The van der Waals surface area contributed by atoms with Gasteiger partial charge in [-0.3, -0.25) is 4.90 Å². The Kier molecular flexibility index (Phi) is 8.57. The molecular weight excluding hydrogens is 481 g/mol. The van der Waals surface area contributed by atoms with Crippen LogP contribution in [0.1, 0.15) is 85.3 Å². The highest BCUT2D eigenvalue weighted by molar-refractivity contribution is 5.98. The number of rotatable bonds is 9. The van der Waals surface area contributed by atoms with E-state index < -0.39 is 23.6 Å². The van der Waals surface area contributed by atoms with Gasteiger partial charge in [0.2, 0.25) is 0 Å². The number of carboxylic acid groups (broad SMARTS) is 1. The predicted octanol–water partition coefficient (Wildman–Crippen LogP) is 5.44. The normalized spacial score (nSPS) is 18.0. The van der Waals surface area contributed by atoms with E-state index in [9.17, 15) is 23.1 Å². The van der Waals surface area contributed by atoms with E-state index in [0.717, 1.165) is 55.2 Å². The number of alkyl halides is 3. The van der Waals surface area contributed by atoms with E-state index in [4.69, 9.17) is 4.84 Å². The first-order valence-electron chi connectivity index (χ1n) is 13.1. The summed E-state index contributed by atoms with van der Waals surface area (Å²) in [5, 5.41) is 15.1. The number of hydrogen-bond acceptors (Lipinski definition) is 5. The number of aliphatic carboxylic acids is 1. The number of aryl methyl sites for hydroxylation is 1. The summed E-state index contributed by atoms with van der Waals surface area (Å²) in [6.45, 7) is 5.50. The van der Waals surface area contributed by atoms with Crippen molar-refractivity contribution in [1.29, 1.82) is 0 Å². The Morgan fingerprint density at radius 1 is 1.08 bits per heavy atom. The number of hydrogen-bond donors (Lipinski definition) is 0. The minimum Gasteiger partial charge on any atom is -0.550 e. The van der Waals surface area contributed by atoms with Gasteiger partial charge in [-0.25, -0.2) is 0 Å². The molecule has 0 atom stereocenters. The lowest BCUT2D eigenvalue weighted by atomic mass is 9.81. The van der Waals surface area contributed by atoms with Gasteiger partial charge in [0.05, 0.1) is 11.3 Å². The summed E-state index contributed by atoms with van der Waals surface area (Å²) < 4.78 is 41.5. The molecule has 0 radical (unpaired) electrons. The lowest BCUT2D eigenvalue weighted by Gasteiger charge is -2.40. The number of carbonyl (C=O) groups is 1. The van der Waals surface area contributed by atoms with Gasteiger partial charge < -0.3 is 14.7 Å². The topological polar surface area (TPSA) is 65.0 Å². The second-order valence-electron chi connectivity index (χ2n) is 10.3. The molecule has 2 aromatic rings. The number of carbonyl (C=O) groups excluding carboxylic acids is 1. The molecule has 2 fully saturated rings. The van der Waals surface area contributed by atoms with Crippen molar-refractivity contribution in [3.8, 4) is 0 Å². The maximum atomic E-state index is 13.8. The third-order valence-electron chi connectivity index (χ3n) is 7.59. The molecule has 2 aliphatic rings. The third kappa shape index (κ3) is 6.72. The Morgan fingerprint density at radius 3 is 2.46 bits per heavy atom. The van der Waals surface area contributed by atoms with Gasteiger partial charge in [0, 0.05) is 31.5 Å². The van der Waals surface area contributed by atoms with Gasteiger partial charge >= 0.3 is 6.18 Å². The van der Waals surface area contributed by atoms with E-state index in [1.165, 1.54) is 6.07 Å². The van der Waals surface area contributed by atoms with Crippen LogP contribution in [0.3, 0.4) is 0 Å². The fraction of sp³-hybridized carbons (Fsp3) is 0.517. The van der Waals surface area contributed by atoms with E-state index in [2.05, 4.69) is 17.0 Å². The van der Waals surface area contributed by atoms with Crippen LogP contribution in [-0.2, 0) is 35.4 Å². The van der Waals surface area contributed by atoms with Gasteiger partial charge in [-0.2, -0.15) is 13.2 Å². The second-order valence-corrected chi connectivity index (χ2v) is 10.3. The summed E-state index contributed by atoms with van der Waals surface area (Å²) in [6.07, 6.45) is 1.06. The van der Waals surface area contributed by atoms with Crippen molar-refractivity contribution >= 4 is 11.7 Å². The molecule has 1 saturated heterocycles. The van der Waals surface area contributed by atoms with Crippen LogP contribution in [0.15, 0.2) is 41.6 Å². The molecule has 1 heterocycles. The number of halogens is 3. The maximum Gasteiger partial charge on any atom is 0.416 e. The number of carboxylic acids is 1. The van der Waals surface area contributed by atoms with Gasteiger partial charge in [0.15, 0.2) is 0 Å². The molecule has 0 amide bonds. The quantitative estimate of drug-likeness (QED) is 0.330. The zero-order valence-corrected chi connectivity index (χ0v) is 21.4. The van der Waals surface area contributed by atoms with Gasteiger partial charge in [-0.1, -0.05) is 55.6 Å². The smallest absolute Gasteiger partial charge is 0.416 e. The molecule has 0 unspecified atom stereocenters. The SMILES string of the molecule is CCc1cc(C(C)=NOCc2ccc(C3CCCCC3)c(C(F)(F)F)c2)ccc1CN1CC(C(=O)[O-])C1. The van der Waals surface area contributed by atoms with Crippen molar-refractivity contribution < 1.29 is 27.9 Å². The molecule has 2 aromatic carbocycles. The van der Waals surface area contributed by atoms with Crippen molar-refractivity contribution in [2.45, 2.75) is 77.6 Å². The third-order valence-corrected chi connectivity index (χ3v) is 7.59. The standard InChI is InChI=1S/C29H35F3N2O3/c1-3-21-14-23(10-11-24(21)15-34-16-25(17-34)28(35)36)19(2)33-37-18-20-9-12-26(22-7-5-4-6-8-22)27(13-20)29(30,31)32/h9-14,22,25H,3-8,15-18H2,1-2H3,(H,35,36)/p-1. The first-order valence-corrected chi connectivity index (χ1v) is 13.1. The molecule has 1 saturated carbocycles. The average molecular weight is 516 g/mol. The van der Waals surface area contributed by atoms with Crippen LogP contribution >= 0.6 is 0 Å². The molecule has 1 aliphatic heterocycles. The fourth-order valence-corrected chi connectivity index (χ4v) is 5.39. The Balaban J connectivity index is 1.40. The lowest BCUT2D eigenvalue weighted by Crippen LogP contribution is -2.53. The van der Waals surface area contributed by atoms with E-state index in [1.54, 1.807) is 12.1 Å². The lowest BCUT2D eigenvalue weighted by molar-refractivity contribution is -0.315. The Morgan fingerprint density at radius 2 is 1.81 bits per heavy atom. The van der Waals surface area contributed by atoms with Crippen LogP contribution in [0.25, 0.3) is 0 Å². The van der Waals surface area contributed by atoms with Crippen LogP contribution in [-0.4, -0.2) is 29.7 Å². The summed E-state index contributed by atoms with van der Waals surface area (Å²) in [5.74, 6) is -1.43. The van der Waals surface area contributed by atoms with Crippen LogP contribution < -0.4 is 5.11 Å². The highest BCUT2D eigenvalue weighted by Gasteiger charge is 2.36. The molecule has 0 aromatic heterocycles. The molecule has 8 heteroatoms. The molecule has 200 valence electrons. The van der Waals surface area contributed by atoms with Gasteiger partial charge in [0.1, 0.15) is 6.61 Å². The molecule has 0 N–H and O–H groups in total. The average Bonchev–Trinajstić information content (AvgIpc) is 2.85. The van der Waals surface area contributed by atoms with E-state index in [1.807, 2.05) is 25.1 Å². The molecule has 0 bridgehead atoms. The zero-order chi connectivity index (χ0) is 26.6. The highest BCUT2D eigenvalue weighted by Crippen LogP contribution is 2.41. The van der Waals surface area contributed by atoms with Gasteiger partial charge in [0.25, 0.3) is 0 Å². The minimum atomic E-state index is -4.40. The first-order chi connectivity index (χ1) is 17.7. The molecule has 4 rings (SSSR count). The summed E-state index contributed by atoms with van der Waals surface area (Å²) in [5.41, 5.74) is 4.07. The molecule has 37 heavy (non-hydrogen) atoms. The van der Waals surface area contributed by atoms with Gasteiger partial charge in [-0.15, -0.1) is 0 Å². The van der Waals surface area contributed by atoms with Crippen molar-refractivity contribution in [3.63, 3.8) is 0 Å².